The summed E-state index contributed by atoms with van der Waals surface area (Å²) in [5.41, 5.74) is 0.649. The third kappa shape index (κ3) is 3.62. The van der Waals surface area contributed by atoms with E-state index in [1.807, 2.05) is 0 Å². The van der Waals surface area contributed by atoms with E-state index < -0.39 is 12.0 Å². The molecule has 1 aromatic carbocycles. The average molecular weight is 347 g/mol. The van der Waals surface area contributed by atoms with Gasteiger partial charge in [-0.25, -0.2) is 9.59 Å². The number of carbonyl (C=O) groups is 2. The molecule has 2 aromatic rings. The molecule has 9 heteroatoms. The summed E-state index contributed by atoms with van der Waals surface area (Å²) in [6.45, 7) is 1.93. The van der Waals surface area contributed by atoms with Crippen molar-refractivity contribution >= 4 is 39.3 Å². The number of ether oxygens (including phenoxy) is 1. The second kappa shape index (κ2) is 7.26. The molecule has 2 heterocycles. The summed E-state index contributed by atoms with van der Waals surface area (Å²) in [7, 11) is 1.29. The second-order valence-corrected chi connectivity index (χ2v) is 6.16. The monoisotopic (exact) mass is 347 g/mol. The molecule has 1 aliphatic heterocycles. The van der Waals surface area contributed by atoms with E-state index >= 15 is 0 Å². The molecule has 1 aromatic heterocycles. The number of aromatic nitrogens is 2. The zero-order chi connectivity index (χ0) is 16.9. The van der Waals surface area contributed by atoms with Gasteiger partial charge in [-0.1, -0.05) is 23.5 Å². The number of amides is 2. The van der Waals surface area contributed by atoms with Gasteiger partial charge in [0.05, 0.1) is 18.4 Å². The Labute approximate surface area is 142 Å². The Kier molecular flexibility index (Phi) is 4.90. The Bertz CT molecular complexity index is 742. The maximum Gasteiger partial charge on any atom is 0.339 e. The quantitative estimate of drug-likeness (QED) is 0.825. The largest absolute Gasteiger partial charge is 0.465 e. The highest BCUT2D eigenvalue weighted by Crippen LogP contribution is 2.27. The topological polar surface area (TPSA) is 96.4 Å². The first kappa shape index (κ1) is 16.2. The zero-order valence-electron chi connectivity index (χ0n) is 13.1. The van der Waals surface area contributed by atoms with Gasteiger partial charge in [-0.15, -0.1) is 10.2 Å². The van der Waals surface area contributed by atoms with Crippen molar-refractivity contribution in [2.24, 2.45) is 0 Å². The molecule has 1 aliphatic rings. The van der Waals surface area contributed by atoms with Crippen LogP contribution in [-0.2, 0) is 4.74 Å². The van der Waals surface area contributed by atoms with E-state index in [9.17, 15) is 9.59 Å². The first-order valence-corrected chi connectivity index (χ1v) is 8.33. The van der Waals surface area contributed by atoms with E-state index in [1.165, 1.54) is 18.4 Å². The van der Waals surface area contributed by atoms with Crippen LogP contribution in [0.25, 0.3) is 0 Å². The van der Waals surface area contributed by atoms with Crippen molar-refractivity contribution in [1.82, 2.24) is 10.2 Å². The predicted molar refractivity (Wildman–Crippen MR) is 91.8 cm³/mol. The van der Waals surface area contributed by atoms with E-state index in [0.717, 1.165) is 31.1 Å². The Morgan fingerprint density at radius 1 is 1.17 bits per heavy atom. The number of anilines is 3. The number of rotatable bonds is 4. The van der Waals surface area contributed by atoms with Gasteiger partial charge in [0, 0.05) is 13.1 Å². The fourth-order valence-corrected chi connectivity index (χ4v) is 3.22. The fourth-order valence-electron chi connectivity index (χ4n) is 2.43. The van der Waals surface area contributed by atoms with E-state index in [2.05, 4.69) is 25.7 Å². The van der Waals surface area contributed by atoms with Crippen LogP contribution in [0.3, 0.4) is 0 Å². The molecule has 2 N–H and O–H groups in total. The molecule has 2 amide bonds. The number of nitrogens with one attached hydrogen (secondary N) is 2. The molecular weight excluding hydrogens is 330 g/mol. The molecule has 0 radical (unpaired) electrons. The Balaban J connectivity index is 1.65. The fraction of sp³-hybridized carbons (Fsp3) is 0.333. The van der Waals surface area contributed by atoms with Crippen molar-refractivity contribution < 1.29 is 14.3 Å². The third-order valence-electron chi connectivity index (χ3n) is 3.59. The van der Waals surface area contributed by atoms with Gasteiger partial charge in [0.25, 0.3) is 0 Å². The second-order valence-electron chi connectivity index (χ2n) is 5.20. The lowest BCUT2D eigenvalue weighted by Crippen LogP contribution is -2.21. The van der Waals surface area contributed by atoms with Crippen LogP contribution in [0.4, 0.5) is 20.7 Å². The molecule has 0 atom stereocenters. The van der Waals surface area contributed by atoms with Crippen LogP contribution in [0.2, 0.25) is 0 Å². The summed E-state index contributed by atoms with van der Waals surface area (Å²) in [4.78, 5) is 26.0. The highest BCUT2D eigenvalue weighted by Gasteiger charge is 2.18. The van der Waals surface area contributed by atoms with Crippen LogP contribution in [-0.4, -0.2) is 42.4 Å². The van der Waals surface area contributed by atoms with Gasteiger partial charge in [0.15, 0.2) is 0 Å². The molecule has 1 saturated heterocycles. The van der Waals surface area contributed by atoms with Gasteiger partial charge < -0.3 is 15.0 Å². The number of hydrogen-bond donors (Lipinski definition) is 2. The maximum absolute atomic E-state index is 12.1. The van der Waals surface area contributed by atoms with E-state index in [0.29, 0.717) is 10.8 Å². The summed E-state index contributed by atoms with van der Waals surface area (Å²) in [5.74, 6) is -0.516. The van der Waals surface area contributed by atoms with Crippen molar-refractivity contribution in [3.63, 3.8) is 0 Å². The standard InChI is InChI=1S/C15H17N5O3S/c1-23-12(21)10-6-2-3-7-11(10)16-13(22)17-14-18-19-15(24-14)20-8-4-5-9-20/h2-3,6-7H,4-5,8-9H2,1H3,(H2,16,17,18,22). The van der Waals surface area contributed by atoms with Gasteiger partial charge in [-0.2, -0.15) is 0 Å². The van der Waals surface area contributed by atoms with Crippen molar-refractivity contribution in [2.75, 3.05) is 35.7 Å². The van der Waals surface area contributed by atoms with Crippen molar-refractivity contribution in [3.05, 3.63) is 29.8 Å². The predicted octanol–water partition coefficient (Wildman–Crippen LogP) is 2.57. The molecule has 0 spiro atoms. The average Bonchev–Trinajstić information content (AvgIpc) is 3.25. The highest BCUT2D eigenvalue weighted by molar-refractivity contribution is 7.19. The lowest BCUT2D eigenvalue weighted by molar-refractivity contribution is 0.0602. The van der Waals surface area contributed by atoms with Gasteiger partial charge >= 0.3 is 12.0 Å². The molecule has 0 aliphatic carbocycles. The number of hydrogen-bond acceptors (Lipinski definition) is 7. The van der Waals surface area contributed by atoms with Crippen LogP contribution < -0.4 is 15.5 Å². The number of methoxy groups -OCH3 is 1. The first-order chi connectivity index (χ1) is 11.7. The number of para-hydroxylation sites is 1. The summed E-state index contributed by atoms with van der Waals surface area (Å²) in [5, 5.41) is 14.5. The Hall–Kier alpha value is -2.68. The lowest BCUT2D eigenvalue weighted by Gasteiger charge is -2.11. The lowest BCUT2D eigenvalue weighted by atomic mass is 10.2. The molecule has 0 bridgehead atoms. The van der Waals surface area contributed by atoms with Crippen LogP contribution in [0.1, 0.15) is 23.2 Å². The smallest absolute Gasteiger partial charge is 0.339 e. The number of carbonyl (C=O) groups excluding carboxylic acids is 2. The van der Waals surface area contributed by atoms with Crippen molar-refractivity contribution in [1.29, 1.82) is 0 Å². The molecular formula is C15H17N5O3S. The van der Waals surface area contributed by atoms with Crippen molar-refractivity contribution in [3.8, 4) is 0 Å². The van der Waals surface area contributed by atoms with Crippen LogP contribution in [0, 0.1) is 0 Å². The van der Waals surface area contributed by atoms with Crippen LogP contribution in [0.5, 0.6) is 0 Å². The minimum atomic E-state index is -0.516. The van der Waals surface area contributed by atoms with Gasteiger partial charge in [0.1, 0.15) is 0 Å². The number of benzene rings is 1. The number of esters is 1. The molecule has 8 nitrogen and oxygen atoms in total. The summed E-state index contributed by atoms with van der Waals surface area (Å²) in [6.07, 6.45) is 2.29. The van der Waals surface area contributed by atoms with Gasteiger partial charge in [-0.3, -0.25) is 5.32 Å². The summed E-state index contributed by atoms with van der Waals surface area (Å²) in [6, 6.07) is 6.14. The van der Waals surface area contributed by atoms with E-state index in [4.69, 9.17) is 4.74 Å². The minimum Gasteiger partial charge on any atom is -0.465 e. The van der Waals surface area contributed by atoms with E-state index in [-0.39, 0.29) is 5.56 Å². The summed E-state index contributed by atoms with van der Waals surface area (Å²) >= 11 is 1.32. The van der Waals surface area contributed by atoms with Gasteiger partial charge in [-0.05, 0) is 25.0 Å². The van der Waals surface area contributed by atoms with Crippen LogP contribution >= 0.6 is 11.3 Å². The number of nitrogens with zero attached hydrogens (tertiary/aromatic N) is 3. The maximum atomic E-state index is 12.1. The van der Waals surface area contributed by atoms with Crippen LogP contribution in [0.15, 0.2) is 24.3 Å². The molecule has 24 heavy (non-hydrogen) atoms. The molecule has 3 rings (SSSR count). The van der Waals surface area contributed by atoms with E-state index in [1.54, 1.807) is 24.3 Å². The number of urea groups is 1. The van der Waals surface area contributed by atoms with Crippen molar-refractivity contribution in [2.45, 2.75) is 12.8 Å². The first-order valence-electron chi connectivity index (χ1n) is 7.51. The Morgan fingerprint density at radius 3 is 2.67 bits per heavy atom. The molecule has 0 saturated carbocycles. The van der Waals surface area contributed by atoms with Gasteiger partial charge in [0.2, 0.25) is 10.3 Å². The molecule has 1 fully saturated rings. The highest BCUT2D eigenvalue weighted by atomic mass is 32.1. The normalized spacial score (nSPS) is 13.6. The molecule has 126 valence electrons. The SMILES string of the molecule is COC(=O)c1ccccc1NC(=O)Nc1nnc(N2CCCC2)s1. The molecule has 0 unspecified atom stereocenters. The third-order valence-corrected chi connectivity index (χ3v) is 4.49. The summed E-state index contributed by atoms with van der Waals surface area (Å²) < 4.78 is 4.70. The zero-order valence-corrected chi connectivity index (χ0v) is 13.9. The Morgan fingerprint density at radius 2 is 1.92 bits per heavy atom. The minimum absolute atomic E-state index is 0.283.